The van der Waals surface area contributed by atoms with Gasteiger partial charge in [-0.05, 0) is 40.2 Å². The van der Waals surface area contributed by atoms with Crippen molar-refractivity contribution >= 4 is 27.3 Å². The lowest BCUT2D eigenvalue weighted by Crippen LogP contribution is -2.41. The molecule has 2 unspecified atom stereocenters. The summed E-state index contributed by atoms with van der Waals surface area (Å²) in [5, 5.41) is 2.08. The predicted molar refractivity (Wildman–Crippen MR) is 74.0 cm³/mol. The molecule has 0 saturated carbocycles. The average molecular weight is 306 g/mol. The van der Waals surface area contributed by atoms with Crippen molar-refractivity contribution < 1.29 is 4.74 Å². The second kappa shape index (κ2) is 6.74. The number of rotatable bonds is 6. The molecule has 0 aliphatic heterocycles. The third-order valence-corrected chi connectivity index (χ3v) is 4.50. The summed E-state index contributed by atoms with van der Waals surface area (Å²) in [5.41, 5.74) is 6.23. The first-order valence-electron chi connectivity index (χ1n) is 5.65. The summed E-state index contributed by atoms with van der Waals surface area (Å²) in [7, 11) is 0. The molecule has 1 heterocycles. The molecule has 1 aromatic rings. The first kappa shape index (κ1) is 14.2. The molecule has 4 heteroatoms. The Morgan fingerprint density at radius 3 is 2.62 bits per heavy atom. The highest BCUT2D eigenvalue weighted by Gasteiger charge is 2.22. The van der Waals surface area contributed by atoms with Crippen LogP contribution in [0, 0.1) is 5.92 Å². The lowest BCUT2D eigenvalue weighted by molar-refractivity contribution is 0.0129. The fourth-order valence-corrected chi connectivity index (χ4v) is 3.39. The van der Waals surface area contributed by atoms with E-state index in [-0.39, 0.29) is 12.1 Å². The summed E-state index contributed by atoms with van der Waals surface area (Å²) in [6.07, 6.45) is 1.01. The molecular weight excluding hydrogens is 286 g/mol. The van der Waals surface area contributed by atoms with Crippen LogP contribution in [0.3, 0.4) is 0 Å². The Kier molecular flexibility index (Phi) is 5.97. The number of hydrogen-bond acceptors (Lipinski definition) is 3. The van der Waals surface area contributed by atoms with Gasteiger partial charge in [0, 0.05) is 28.4 Å². The van der Waals surface area contributed by atoms with E-state index in [9.17, 15) is 0 Å². The van der Waals surface area contributed by atoms with Gasteiger partial charge < -0.3 is 10.5 Å². The van der Waals surface area contributed by atoms with E-state index in [2.05, 4.69) is 41.2 Å². The van der Waals surface area contributed by atoms with Crippen LogP contribution in [0.4, 0.5) is 0 Å². The summed E-state index contributed by atoms with van der Waals surface area (Å²) >= 11 is 5.28. The largest absolute Gasteiger partial charge is 0.377 e. The maximum absolute atomic E-state index is 6.23. The van der Waals surface area contributed by atoms with E-state index < -0.39 is 0 Å². The van der Waals surface area contributed by atoms with Gasteiger partial charge in [0.05, 0.1) is 6.10 Å². The summed E-state index contributed by atoms with van der Waals surface area (Å²) in [6.45, 7) is 7.05. The van der Waals surface area contributed by atoms with Crippen LogP contribution < -0.4 is 5.73 Å². The normalized spacial score (nSPS) is 15.4. The average Bonchev–Trinajstić information content (AvgIpc) is 2.60. The molecule has 0 aliphatic rings. The molecule has 1 aromatic heterocycles. The number of hydrogen-bond donors (Lipinski definition) is 1. The third-order valence-electron chi connectivity index (χ3n) is 2.55. The van der Waals surface area contributed by atoms with Crippen molar-refractivity contribution in [3.05, 3.63) is 20.8 Å². The van der Waals surface area contributed by atoms with E-state index >= 15 is 0 Å². The summed E-state index contributed by atoms with van der Waals surface area (Å²) in [6, 6.07) is 2.13. The van der Waals surface area contributed by atoms with Gasteiger partial charge in [-0.25, -0.2) is 0 Å². The Balaban J connectivity index is 2.62. The maximum atomic E-state index is 6.23. The van der Waals surface area contributed by atoms with E-state index in [1.54, 1.807) is 11.3 Å². The maximum Gasteiger partial charge on any atom is 0.0752 e. The van der Waals surface area contributed by atoms with Crippen LogP contribution in [0.5, 0.6) is 0 Å². The summed E-state index contributed by atoms with van der Waals surface area (Å²) in [5.74, 6) is 0.452. The smallest absolute Gasteiger partial charge is 0.0752 e. The molecule has 0 radical (unpaired) electrons. The van der Waals surface area contributed by atoms with Crippen LogP contribution in [-0.2, 0) is 11.2 Å². The molecule has 2 atom stereocenters. The monoisotopic (exact) mass is 305 g/mol. The highest BCUT2D eigenvalue weighted by Crippen LogP contribution is 2.25. The topological polar surface area (TPSA) is 35.2 Å². The summed E-state index contributed by atoms with van der Waals surface area (Å²) < 4.78 is 6.88. The van der Waals surface area contributed by atoms with Crippen molar-refractivity contribution in [3.8, 4) is 0 Å². The van der Waals surface area contributed by atoms with Gasteiger partial charge in [0.1, 0.15) is 0 Å². The minimum absolute atomic E-state index is 0.0647. The van der Waals surface area contributed by atoms with Crippen LogP contribution in [0.2, 0.25) is 0 Å². The standard InChI is InChI=1S/C12H20BrNOS/c1-4-15-12(8(2)3)10(14)7-11-9(13)5-6-16-11/h5-6,8,10,12H,4,7,14H2,1-3H3. The molecule has 2 N–H and O–H groups in total. The third kappa shape index (κ3) is 3.84. The van der Waals surface area contributed by atoms with Gasteiger partial charge in [-0.1, -0.05) is 13.8 Å². The van der Waals surface area contributed by atoms with E-state index in [4.69, 9.17) is 10.5 Å². The van der Waals surface area contributed by atoms with Gasteiger partial charge in [-0.15, -0.1) is 11.3 Å². The zero-order valence-electron chi connectivity index (χ0n) is 10.1. The van der Waals surface area contributed by atoms with Crippen LogP contribution in [0.15, 0.2) is 15.9 Å². The molecule has 1 rings (SSSR count). The minimum Gasteiger partial charge on any atom is -0.377 e. The number of halogens is 1. The van der Waals surface area contributed by atoms with Gasteiger partial charge in [-0.3, -0.25) is 0 Å². The van der Waals surface area contributed by atoms with Crippen molar-refractivity contribution in [1.82, 2.24) is 0 Å². The first-order valence-corrected chi connectivity index (χ1v) is 7.32. The SMILES string of the molecule is CCOC(C(C)C)C(N)Cc1sccc1Br. The van der Waals surface area contributed by atoms with E-state index in [1.165, 1.54) is 4.88 Å². The Morgan fingerprint density at radius 1 is 1.50 bits per heavy atom. The van der Waals surface area contributed by atoms with Crippen molar-refractivity contribution in [1.29, 1.82) is 0 Å². The second-order valence-corrected chi connectivity index (χ2v) is 6.08. The van der Waals surface area contributed by atoms with Gasteiger partial charge in [0.25, 0.3) is 0 Å². The number of ether oxygens (including phenoxy) is 1. The lowest BCUT2D eigenvalue weighted by atomic mass is 9.97. The second-order valence-electron chi connectivity index (χ2n) is 4.22. The molecule has 92 valence electrons. The first-order chi connectivity index (χ1) is 7.56. The van der Waals surface area contributed by atoms with E-state index in [0.717, 1.165) is 17.5 Å². The van der Waals surface area contributed by atoms with E-state index in [0.29, 0.717) is 5.92 Å². The Labute approximate surface area is 110 Å². The quantitative estimate of drug-likeness (QED) is 0.874. The number of nitrogens with two attached hydrogens (primary N) is 1. The van der Waals surface area contributed by atoms with Gasteiger partial charge in [-0.2, -0.15) is 0 Å². The van der Waals surface area contributed by atoms with Crippen molar-refractivity contribution in [2.24, 2.45) is 11.7 Å². The molecule has 0 amide bonds. The highest BCUT2D eigenvalue weighted by molar-refractivity contribution is 9.10. The zero-order chi connectivity index (χ0) is 12.1. The highest BCUT2D eigenvalue weighted by atomic mass is 79.9. The van der Waals surface area contributed by atoms with Crippen molar-refractivity contribution in [2.45, 2.75) is 39.3 Å². The van der Waals surface area contributed by atoms with Gasteiger partial charge >= 0.3 is 0 Å². The van der Waals surface area contributed by atoms with Crippen molar-refractivity contribution in [2.75, 3.05) is 6.61 Å². The van der Waals surface area contributed by atoms with Crippen LogP contribution in [-0.4, -0.2) is 18.8 Å². The molecule has 0 spiro atoms. The minimum atomic E-state index is 0.0647. The molecule has 2 nitrogen and oxygen atoms in total. The summed E-state index contributed by atoms with van der Waals surface area (Å²) in [4.78, 5) is 1.30. The molecule has 0 aromatic carbocycles. The van der Waals surface area contributed by atoms with Crippen LogP contribution in [0.25, 0.3) is 0 Å². The van der Waals surface area contributed by atoms with Crippen molar-refractivity contribution in [3.63, 3.8) is 0 Å². The molecule has 0 saturated heterocycles. The van der Waals surface area contributed by atoms with Crippen LogP contribution >= 0.6 is 27.3 Å². The Morgan fingerprint density at radius 2 is 2.19 bits per heavy atom. The van der Waals surface area contributed by atoms with Crippen LogP contribution in [0.1, 0.15) is 25.6 Å². The molecule has 16 heavy (non-hydrogen) atoms. The molecular formula is C12H20BrNOS. The Hall–Kier alpha value is 0.100. The predicted octanol–water partition coefficient (Wildman–Crippen LogP) is 3.44. The number of thiophene rings is 1. The fraction of sp³-hybridized carbons (Fsp3) is 0.667. The molecule has 0 bridgehead atoms. The molecule has 0 aliphatic carbocycles. The van der Waals surface area contributed by atoms with Gasteiger partial charge in [0.2, 0.25) is 0 Å². The lowest BCUT2D eigenvalue weighted by Gasteiger charge is -2.27. The van der Waals surface area contributed by atoms with Gasteiger partial charge in [0.15, 0.2) is 0 Å². The Bertz CT molecular complexity index is 314. The fourth-order valence-electron chi connectivity index (χ4n) is 1.80. The zero-order valence-corrected chi connectivity index (χ0v) is 12.5. The van der Waals surface area contributed by atoms with E-state index in [1.807, 2.05) is 6.92 Å². The molecule has 0 fully saturated rings.